The Kier molecular flexibility index (Phi) is 4.49. The van der Waals surface area contributed by atoms with Crippen molar-refractivity contribution in [2.45, 2.75) is 18.0 Å². The summed E-state index contributed by atoms with van der Waals surface area (Å²) in [7, 11) is -2.30. The van der Waals surface area contributed by atoms with Crippen molar-refractivity contribution in [2.75, 3.05) is 7.05 Å². The van der Waals surface area contributed by atoms with Crippen LogP contribution in [0.1, 0.15) is 11.3 Å². The number of hydrogen-bond donors (Lipinski definition) is 1. The van der Waals surface area contributed by atoms with E-state index in [0.29, 0.717) is 11.3 Å². The van der Waals surface area contributed by atoms with Crippen molar-refractivity contribution in [3.8, 4) is 0 Å². The molecule has 1 aromatic heterocycles. The Labute approximate surface area is 122 Å². The summed E-state index contributed by atoms with van der Waals surface area (Å²) in [5.41, 5.74) is 0.486. The van der Waals surface area contributed by atoms with Gasteiger partial charge >= 0.3 is 0 Å². The third-order valence-electron chi connectivity index (χ3n) is 2.83. The number of aliphatic hydroxyl groups excluding tert-OH is 1. The smallest absolute Gasteiger partial charge is 0.244 e. The number of nitrogens with zero attached hydrogens (tertiary/aromatic N) is 1. The fraction of sp³-hybridized carbons (Fsp3) is 0.231. The van der Waals surface area contributed by atoms with E-state index in [0.717, 1.165) is 4.31 Å². The van der Waals surface area contributed by atoms with E-state index < -0.39 is 10.0 Å². The molecule has 0 fully saturated rings. The van der Waals surface area contributed by atoms with E-state index in [1.54, 1.807) is 18.2 Å². The zero-order valence-electron chi connectivity index (χ0n) is 10.8. The van der Waals surface area contributed by atoms with Gasteiger partial charge in [0.15, 0.2) is 0 Å². The molecule has 2 aromatic rings. The predicted molar refractivity (Wildman–Crippen MR) is 74.7 cm³/mol. The molecule has 108 valence electrons. The summed E-state index contributed by atoms with van der Waals surface area (Å²) in [6.07, 6.45) is 1.48. The molecule has 0 aliphatic heterocycles. The van der Waals surface area contributed by atoms with E-state index in [4.69, 9.17) is 21.1 Å². The van der Waals surface area contributed by atoms with Gasteiger partial charge < -0.3 is 9.52 Å². The summed E-state index contributed by atoms with van der Waals surface area (Å²) in [6, 6.07) is 7.79. The number of rotatable bonds is 5. The molecular formula is C13H14ClNO4S. The lowest BCUT2D eigenvalue weighted by Gasteiger charge is -2.17. The van der Waals surface area contributed by atoms with Crippen LogP contribution in [0.15, 0.2) is 45.9 Å². The van der Waals surface area contributed by atoms with E-state index >= 15 is 0 Å². The number of halogens is 1. The molecule has 0 amide bonds. The number of hydrogen-bond acceptors (Lipinski definition) is 4. The maximum atomic E-state index is 12.5. The summed E-state index contributed by atoms with van der Waals surface area (Å²) in [5.74, 6) is 0.533. The van der Waals surface area contributed by atoms with Crippen LogP contribution in [-0.2, 0) is 23.2 Å². The SMILES string of the molecule is CN(Cc1ccco1)S(=O)(=O)c1cc(CO)ccc1Cl. The van der Waals surface area contributed by atoms with E-state index in [1.807, 2.05) is 0 Å². The van der Waals surface area contributed by atoms with E-state index in [2.05, 4.69) is 0 Å². The Hall–Kier alpha value is -1.34. The summed E-state index contributed by atoms with van der Waals surface area (Å²) in [5, 5.41) is 9.22. The first-order valence-corrected chi connectivity index (χ1v) is 7.65. The molecule has 0 aliphatic rings. The zero-order chi connectivity index (χ0) is 14.8. The number of sulfonamides is 1. The minimum absolute atomic E-state index is 0.0280. The average Bonchev–Trinajstić information content (AvgIpc) is 2.92. The first kappa shape index (κ1) is 15.1. The van der Waals surface area contributed by atoms with Gasteiger partial charge in [-0.25, -0.2) is 8.42 Å². The third kappa shape index (κ3) is 3.04. The Morgan fingerprint density at radius 3 is 2.70 bits per heavy atom. The molecule has 0 unspecified atom stereocenters. The van der Waals surface area contributed by atoms with E-state index in [-0.39, 0.29) is 23.1 Å². The zero-order valence-corrected chi connectivity index (χ0v) is 12.4. The first-order chi connectivity index (χ1) is 9.45. The quantitative estimate of drug-likeness (QED) is 0.918. The third-order valence-corrected chi connectivity index (χ3v) is 5.11. The molecule has 0 aliphatic carbocycles. The van der Waals surface area contributed by atoms with Crippen molar-refractivity contribution in [2.24, 2.45) is 0 Å². The van der Waals surface area contributed by atoms with Crippen LogP contribution in [0.3, 0.4) is 0 Å². The molecule has 0 bridgehead atoms. The topological polar surface area (TPSA) is 70.8 Å². The summed E-state index contributed by atoms with van der Waals surface area (Å²) < 4.78 is 31.2. The normalized spacial score (nSPS) is 12.0. The Balaban J connectivity index is 2.34. The van der Waals surface area contributed by atoms with E-state index in [9.17, 15) is 8.42 Å². The van der Waals surface area contributed by atoms with Crippen LogP contribution in [0.2, 0.25) is 5.02 Å². The second kappa shape index (κ2) is 5.97. The Morgan fingerprint density at radius 1 is 1.35 bits per heavy atom. The standard InChI is InChI=1S/C13H14ClNO4S/c1-15(8-11-3-2-6-19-11)20(17,18)13-7-10(9-16)4-5-12(13)14/h2-7,16H,8-9H2,1H3. The highest BCUT2D eigenvalue weighted by atomic mass is 35.5. The Bertz CT molecular complexity index is 682. The molecule has 1 aromatic carbocycles. The van der Waals surface area contributed by atoms with Gasteiger partial charge in [0.2, 0.25) is 10.0 Å². The highest BCUT2D eigenvalue weighted by molar-refractivity contribution is 7.89. The number of furan rings is 1. The minimum atomic E-state index is -3.75. The van der Waals surface area contributed by atoms with Crippen LogP contribution in [0, 0.1) is 0 Å². The van der Waals surface area contributed by atoms with Crippen molar-refractivity contribution in [3.05, 3.63) is 52.9 Å². The number of benzene rings is 1. The second-order valence-corrected chi connectivity index (χ2v) is 6.68. The van der Waals surface area contributed by atoms with Gasteiger partial charge in [-0.1, -0.05) is 17.7 Å². The predicted octanol–water partition coefficient (Wildman–Crippen LogP) is 2.25. The van der Waals surface area contributed by atoms with Gasteiger partial charge in [0, 0.05) is 7.05 Å². The maximum absolute atomic E-state index is 12.5. The molecule has 2 rings (SSSR count). The van der Waals surface area contributed by atoms with Crippen LogP contribution >= 0.6 is 11.6 Å². The molecule has 20 heavy (non-hydrogen) atoms. The minimum Gasteiger partial charge on any atom is -0.468 e. The molecule has 1 heterocycles. The van der Waals surface area contributed by atoms with Crippen LogP contribution < -0.4 is 0 Å². The van der Waals surface area contributed by atoms with Crippen LogP contribution in [0.5, 0.6) is 0 Å². The van der Waals surface area contributed by atoms with Gasteiger partial charge in [0.25, 0.3) is 0 Å². The van der Waals surface area contributed by atoms with Crippen LogP contribution in [0.25, 0.3) is 0 Å². The van der Waals surface area contributed by atoms with Gasteiger partial charge in [-0.3, -0.25) is 0 Å². The second-order valence-electron chi connectivity index (χ2n) is 4.26. The molecule has 7 heteroatoms. The molecule has 0 radical (unpaired) electrons. The van der Waals surface area contributed by atoms with Crippen molar-refractivity contribution >= 4 is 21.6 Å². The van der Waals surface area contributed by atoms with Gasteiger partial charge in [-0.05, 0) is 29.8 Å². The van der Waals surface area contributed by atoms with Gasteiger partial charge in [0.1, 0.15) is 10.7 Å². The lowest BCUT2D eigenvalue weighted by molar-refractivity contribution is 0.281. The molecule has 1 N–H and O–H groups in total. The summed E-state index contributed by atoms with van der Waals surface area (Å²) in [6.45, 7) is -0.142. The number of aliphatic hydroxyl groups is 1. The molecule has 5 nitrogen and oxygen atoms in total. The van der Waals surface area contributed by atoms with Crippen LogP contribution in [0.4, 0.5) is 0 Å². The van der Waals surface area contributed by atoms with Crippen molar-refractivity contribution in [1.82, 2.24) is 4.31 Å². The molecule has 0 spiro atoms. The largest absolute Gasteiger partial charge is 0.468 e. The highest BCUT2D eigenvalue weighted by Crippen LogP contribution is 2.26. The Morgan fingerprint density at radius 2 is 2.10 bits per heavy atom. The van der Waals surface area contributed by atoms with Crippen molar-refractivity contribution in [3.63, 3.8) is 0 Å². The van der Waals surface area contributed by atoms with Crippen molar-refractivity contribution in [1.29, 1.82) is 0 Å². The van der Waals surface area contributed by atoms with Gasteiger partial charge in [0.05, 0.1) is 24.4 Å². The fourth-order valence-electron chi connectivity index (χ4n) is 1.72. The monoisotopic (exact) mass is 315 g/mol. The molecule has 0 saturated heterocycles. The van der Waals surface area contributed by atoms with Crippen LogP contribution in [-0.4, -0.2) is 24.9 Å². The lowest BCUT2D eigenvalue weighted by Crippen LogP contribution is -2.26. The maximum Gasteiger partial charge on any atom is 0.244 e. The summed E-state index contributed by atoms with van der Waals surface area (Å²) >= 11 is 5.95. The fourth-order valence-corrected chi connectivity index (χ4v) is 3.38. The molecule has 0 atom stereocenters. The first-order valence-electron chi connectivity index (χ1n) is 5.83. The van der Waals surface area contributed by atoms with Gasteiger partial charge in [-0.15, -0.1) is 0 Å². The average molecular weight is 316 g/mol. The van der Waals surface area contributed by atoms with Crippen molar-refractivity contribution < 1.29 is 17.9 Å². The van der Waals surface area contributed by atoms with E-state index in [1.165, 1.54) is 25.4 Å². The molecule has 0 saturated carbocycles. The van der Waals surface area contributed by atoms with Gasteiger partial charge in [-0.2, -0.15) is 4.31 Å². The highest BCUT2D eigenvalue weighted by Gasteiger charge is 2.24. The molecular weight excluding hydrogens is 302 g/mol. The summed E-state index contributed by atoms with van der Waals surface area (Å²) in [4.78, 5) is -0.0280. The lowest BCUT2D eigenvalue weighted by atomic mass is 10.2.